The average molecular weight is 273 g/mol. The van der Waals surface area contributed by atoms with E-state index in [1.807, 2.05) is 0 Å². The zero-order valence-corrected chi connectivity index (χ0v) is 12.5. The standard InChI is InChI=1S/C17H27N3/c1-14-11-19-9-5-8-17(19)13-20(14)12-16(18)10-15-6-3-2-4-7-15/h2-4,6-7,14,16-17H,5,8-13,18H2,1H3. The fourth-order valence-corrected chi connectivity index (χ4v) is 3.78. The lowest BCUT2D eigenvalue weighted by molar-refractivity contribution is 0.0554. The van der Waals surface area contributed by atoms with E-state index in [1.54, 1.807) is 0 Å². The van der Waals surface area contributed by atoms with Gasteiger partial charge in [0.05, 0.1) is 0 Å². The van der Waals surface area contributed by atoms with Crippen molar-refractivity contribution in [3.05, 3.63) is 35.9 Å². The first-order valence-electron chi connectivity index (χ1n) is 8.00. The molecular formula is C17H27N3. The summed E-state index contributed by atoms with van der Waals surface area (Å²) in [5.74, 6) is 0. The number of nitrogens with two attached hydrogens (primary N) is 1. The minimum atomic E-state index is 0.243. The van der Waals surface area contributed by atoms with Gasteiger partial charge in [-0.05, 0) is 38.3 Å². The van der Waals surface area contributed by atoms with Crippen LogP contribution in [-0.4, -0.2) is 54.1 Å². The summed E-state index contributed by atoms with van der Waals surface area (Å²) in [5, 5.41) is 0. The van der Waals surface area contributed by atoms with Crippen LogP contribution in [0.15, 0.2) is 30.3 Å². The highest BCUT2D eigenvalue weighted by Gasteiger charge is 2.34. The summed E-state index contributed by atoms with van der Waals surface area (Å²) in [4.78, 5) is 5.28. The first kappa shape index (κ1) is 14.1. The lowest BCUT2D eigenvalue weighted by Crippen LogP contribution is -2.57. The van der Waals surface area contributed by atoms with Gasteiger partial charge in [0.25, 0.3) is 0 Å². The Balaban J connectivity index is 1.54. The van der Waals surface area contributed by atoms with Crippen LogP contribution in [0, 0.1) is 0 Å². The van der Waals surface area contributed by atoms with Crippen LogP contribution in [0.3, 0.4) is 0 Å². The van der Waals surface area contributed by atoms with E-state index in [1.165, 1.54) is 38.0 Å². The zero-order chi connectivity index (χ0) is 13.9. The third-order valence-electron chi connectivity index (χ3n) is 4.88. The number of fused-ring (bicyclic) bond motifs is 1. The topological polar surface area (TPSA) is 32.5 Å². The summed E-state index contributed by atoms with van der Waals surface area (Å²) >= 11 is 0. The molecule has 3 heteroatoms. The van der Waals surface area contributed by atoms with Crippen molar-refractivity contribution < 1.29 is 0 Å². The Kier molecular flexibility index (Phi) is 4.39. The number of hydrogen-bond acceptors (Lipinski definition) is 3. The molecule has 0 bridgehead atoms. The van der Waals surface area contributed by atoms with Gasteiger partial charge in [0.15, 0.2) is 0 Å². The fraction of sp³-hybridized carbons (Fsp3) is 0.647. The molecular weight excluding hydrogens is 246 g/mol. The molecule has 3 rings (SSSR count). The van der Waals surface area contributed by atoms with E-state index in [4.69, 9.17) is 5.73 Å². The van der Waals surface area contributed by atoms with Gasteiger partial charge in [-0.2, -0.15) is 0 Å². The smallest absolute Gasteiger partial charge is 0.0224 e. The third-order valence-corrected chi connectivity index (χ3v) is 4.88. The number of rotatable bonds is 4. The van der Waals surface area contributed by atoms with Crippen LogP contribution in [0.2, 0.25) is 0 Å². The van der Waals surface area contributed by atoms with Crippen LogP contribution in [-0.2, 0) is 6.42 Å². The molecule has 3 nitrogen and oxygen atoms in total. The van der Waals surface area contributed by atoms with Crippen molar-refractivity contribution in [1.82, 2.24) is 9.80 Å². The molecule has 2 N–H and O–H groups in total. The molecule has 3 unspecified atom stereocenters. The third kappa shape index (κ3) is 3.22. The van der Waals surface area contributed by atoms with Gasteiger partial charge in [-0.3, -0.25) is 9.80 Å². The van der Waals surface area contributed by atoms with Crippen LogP contribution < -0.4 is 5.73 Å². The van der Waals surface area contributed by atoms with E-state index >= 15 is 0 Å². The Hall–Kier alpha value is -0.900. The Bertz CT molecular complexity index is 420. The zero-order valence-electron chi connectivity index (χ0n) is 12.5. The molecule has 2 fully saturated rings. The Morgan fingerprint density at radius 3 is 2.85 bits per heavy atom. The molecule has 0 aromatic heterocycles. The van der Waals surface area contributed by atoms with Crippen LogP contribution in [0.4, 0.5) is 0 Å². The van der Waals surface area contributed by atoms with E-state index in [2.05, 4.69) is 47.1 Å². The summed E-state index contributed by atoms with van der Waals surface area (Å²) in [5.41, 5.74) is 7.73. The molecule has 0 aliphatic carbocycles. The maximum absolute atomic E-state index is 6.38. The largest absolute Gasteiger partial charge is 0.326 e. The molecule has 3 atom stereocenters. The molecule has 0 amide bonds. The quantitative estimate of drug-likeness (QED) is 0.907. The molecule has 110 valence electrons. The lowest BCUT2D eigenvalue weighted by Gasteiger charge is -2.43. The molecule has 2 saturated heterocycles. The molecule has 0 spiro atoms. The highest BCUT2D eigenvalue weighted by atomic mass is 15.3. The number of benzene rings is 1. The SMILES string of the molecule is CC1CN2CCCC2CN1CC(N)Cc1ccccc1. The highest BCUT2D eigenvalue weighted by molar-refractivity contribution is 5.15. The molecule has 1 aromatic carbocycles. The summed E-state index contributed by atoms with van der Waals surface area (Å²) < 4.78 is 0. The lowest BCUT2D eigenvalue weighted by atomic mass is 10.0. The van der Waals surface area contributed by atoms with Crippen molar-refractivity contribution in [3.8, 4) is 0 Å². The van der Waals surface area contributed by atoms with E-state index in [0.29, 0.717) is 6.04 Å². The summed E-state index contributed by atoms with van der Waals surface area (Å²) in [6, 6.07) is 12.3. The van der Waals surface area contributed by atoms with Gasteiger partial charge in [0.1, 0.15) is 0 Å². The van der Waals surface area contributed by atoms with Gasteiger partial charge in [-0.15, -0.1) is 0 Å². The van der Waals surface area contributed by atoms with Gasteiger partial charge in [0.2, 0.25) is 0 Å². The monoisotopic (exact) mass is 273 g/mol. The van der Waals surface area contributed by atoms with Crippen molar-refractivity contribution >= 4 is 0 Å². The second-order valence-corrected chi connectivity index (χ2v) is 6.54. The molecule has 2 heterocycles. The van der Waals surface area contributed by atoms with Crippen LogP contribution in [0.25, 0.3) is 0 Å². The van der Waals surface area contributed by atoms with E-state index in [0.717, 1.165) is 19.0 Å². The molecule has 2 aliphatic rings. The van der Waals surface area contributed by atoms with Gasteiger partial charge in [0, 0.05) is 37.8 Å². The summed E-state index contributed by atoms with van der Waals surface area (Å²) in [7, 11) is 0. The van der Waals surface area contributed by atoms with Crippen molar-refractivity contribution in [2.45, 2.75) is 44.3 Å². The first-order valence-corrected chi connectivity index (χ1v) is 8.00. The maximum Gasteiger partial charge on any atom is 0.0224 e. The van der Waals surface area contributed by atoms with E-state index < -0.39 is 0 Å². The second-order valence-electron chi connectivity index (χ2n) is 6.54. The second kappa shape index (κ2) is 6.25. The first-order chi connectivity index (χ1) is 9.72. The van der Waals surface area contributed by atoms with Crippen molar-refractivity contribution in [1.29, 1.82) is 0 Å². The van der Waals surface area contributed by atoms with Crippen LogP contribution in [0.5, 0.6) is 0 Å². The normalized spacial score (nSPS) is 29.3. The Labute approximate surface area is 122 Å². The van der Waals surface area contributed by atoms with E-state index in [-0.39, 0.29) is 6.04 Å². The number of nitrogens with zero attached hydrogens (tertiary/aromatic N) is 2. The van der Waals surface area contributed by atoms with Crippen molar-refractivity contribution in [3.63, 3.8) is 0 Å². The Morgan fingerprint density at radius 2 is 2.05 bits per heavy atom. The Morgan fingerprint density at radius 1 is 1.25 bits per heavy atom. The van der Waals surface area contributed by atoms with Crippen molar-refractivity contribution in [2.75, 3.05) is 26.2 Å². The fourth-order valence-electron chi connectivity index (χ4n) is 3.78. The van der Waals surface area contributed by atoms with Crippen molar-refractivity contribution in [2.24, 2.45) is 5.73 Å². The minimum absolute atomic E-state index is 0.243. The molecule has 20 heavy (non-hydrogen) atoms. The van der Waals surface area contributed by atoms with Gasteiger partial charge >= 0.3 is 0 Å². The predicted molar refractivity (Wildman–Crippen MR) is 83.8 cm³/mol. The van der Waals surface area contributed by atoms with Gasteiger partial charge in [-0.25, -0.2) is 0 Å². The number of piperazine rings is 1. The highest BCUT2D eigenvalue weighted by Crippen LogP contribution is 2.24. The summed E-state index contributed by atoms with van der Waals surface area (Å²) in [6.45, 7) is 7.12. The van der Waals surface area contributed by atoms with Crippen LogP contribution >= 0.6 is 0 Å². The molecule has 0 radical (unpaired) electrons. The van der Waals surface area contributed by atoms with Gasteiger partial charge < -0.3 is 5.73 Å². The van der Waals surface area contributed by atoms with Crippen LogP contribution in [0.1, 0.15) is 25.3 Å². The van der Waals surface area contributed by atoms with Gasteiger partial charge in [-0.1, -0.05) is 30.3 Å². The minimum Gasteiger partial charge on any atom is -0.326 e. The molecule has 0 saturated carbocycles. The molecule has 2 aliphatic heterocycles. The molecule has 1 aromatic rings. The number of hydrogen-bond donors (Lipinski definition) is 1. The van der Waals surface area contributed by atoms with E-state index in [9.17, 15) is 0 Å². The maximum atomic E-state index is 6.38. The average Bonchev–Trinajstić information content (AvgIpc) is 2.87. The predicted octanol–water partition coefficient (Wildman–Crippen LogP) is 1.72. The summed E-state index contributed by atoms with van der Waals surface area (Å²) in [6.07, 6.45) is 3.73.